The van der Waals surface area contributed by atoms with Gasteiger partial charge in [0.1, 0.15) is 12.3 Å². The van der Waals surface area contributed by atoms with Crippen molar-refractivity contribution in [1.29, 1.82) is 0 Å². The summed E-state index contributed by atoms with van der Waals surface area (Å²) < 4.78 is 0. The minimum absolute atomic E-state index is 0.143. The number of hydrogen-bond donors (Lipinski definition) is 3. The number of nitrogens with two attached hydrogens (primary N) is 1. The Morgan fingerprint density at radius 2 is 2.05 bits per heavy atom. The Kier molecular flexibility index (Phi) is 6.12. The Balaban J connectivity index is 2.76. The van der Waals surface area contributed by atoms with Crippen LogP contribution in [0.3, 0.4) is 0 Å². The molecule has 106 valence electrons. The zero-order valence-electron chi connectivity index (χ0n) is 10.8. The van der Waals surface area contributed by atoms with Gasteiger partial charge in [-0.05, 0) is 17.2 Å². The first-order chi connectivity index (χ1) is 9.56. The number of hydrogen-bond acceptors (Lipinski definition) is 4. The molecule has 0 heterocycles. The summed E-state index contributed by atoms with van der Waals surface area (Å²) in [4.78, 5) is 32.6. The highest BCUT2D eigenvalue weighted by Crippen LogP contribution is 2.08. The normalized spacial score (nSPS) is 12.1. The molecule has 1 amide bonds. The summed E-state index contributed by atoms with van der Waals surface area (Å²) in [5.41, 5.74) is 7.17. The summed E-state index contributed by atoms with van der Waals surface area (Å²) in [7, 11) is 0. The molecule has 0 radical (unpaired) electrons. The zero-order valence-corrected chi connectivity index (χ0v) is 10.8. The van der Waals surface area contributed by atoms with E-state index >= 15 is 0 Å². The number of carboxylic acids is 1. The predicted molar refractivity (Wildman–Crippen MR) is 72.8 cm³/mol. The Morgan fingerprint density at radius 1 is 1.35 bits per heavy atom. The van der Waals surface area contributed by atoms with Gasteiger partial charge in [-0.25, -0.2) is 4.79 Å². The fraction of sp³-hybridized carbons (Fsp3) is 0.214. The fourth-order valence-corrected chi connectivity index (χ4v) is 1.67. The predicted octanol–water partition coefficient (Wildman–Crippen LogP) is 0.0123. The van der Waals surface area contributed by atoms with Crippen molar-refractivity contribution < 1.29 is 19.5 Å². The first kappa shape index (κ1) is 15.6. The summed E-state index contributed by atoms with van der Waals surface area (Å²) in [6.45, 7) is 0.361. The van der Waals surface area contributed by atoms with Crippen LogP contribution >= 0.6 is 0 Å². The molecule has 0 bridgehead atoms. The van der Waals surface area contributed by atoms with Gasteiger partial charge in [0, 0.05) is 19.0 Å². The maximum atomic E-state index is 11.4. The monoisotopic (exact) mass is 276 g/mol. The van der Waals surface area contributed by atoms with Gasteiger partial charge in [-0.15, -0.1) is 0 Å². The molecule has 1 rings (SSSR count). The van der Waals surface area contributed by atoms with Crippen LogP contribution in [-0.4, -0.2) is 29.3 Å². The lowest BCUT2D eigenvalue weighted by Crippen LogP contribution is -2.41. The SMILES string of the molecule is NCc1cccc(C[C@H](NC(=O)/C=C/C=O)C(=O)O)c1. The lowest BCUT2D eigenvalue weighted by Gasteiger charge is -2.13. The van der Waals surface area contributed by atoms with Gasteiger partial charge in [0.25, 0.3) is 0 Å². The molecule has 0 aliphatic heterocycles. The number of allylic oxidation sites excluding steroid dienone is 1. The van der Waals surface area contributed by atoms with Gasteiger partial charge in [-0.3, -0.25) is 9.59 Å². The highest BCUT2D eigenvalue weighted by molar-refractivity contribution is 5.93. The number of amides is 1. The van der Waals surface area contributed by atoms with E-state index in [0.29, 0.717) is 12.8 Å². The number of rotatable bonds is 7. The number of nitrogens with one attached hydrogen (secondary N) is 1. The minimum Gasteiger partial charge on any atom is -0.480 e. The standard InChI is InChI=1S/C14H16N2O4/c15-9-11-4-1-3-10(7-11)8-12(14(19)20)16-13(18)5-2-6-17/h1-7,12H,8-9,15H2,(H,16,18)(H,19,20)/b5-2+/t12-/m0/s1. The van der Waals surface area contributed by atoms with E-state index < -0.39 is 17.9 Å². The minimum atomic E-state index is -1.14. The Bertz CT molecular complexity index is 526. The molecular weight excluding hydrogens is 260 g/mol. The van der Waals surface area contributed by atoms with Gasteiger partial charge in [0.15, 0.2) is 0 Å². The fourth-order valence-electron chi connectivity index (χ4n) is 1.67. The van der Waals surface area contributed by atoms with Crippen molar-refractivity contribution in [2.75, 3.05) is 0 Å². The van der Waals surface area contributed by atoms with Gasteiger partial charge < -0.3 is 16.2 Å². The molecule has 0 unspecified atom stereocenters. The third-order valence-corrected chi connectivity index (χ3v) is 2.61. The van der Waals surface area contributed by atoms with Gasteiger partial charge in [-0.1, -0.05) is 24.3 Å². The van der Waals surface area contributed by atoms with E-state index in [9.17, 15) is 14.4 Å². The lowest BCUT2D eigenvalue weighted by atomic mass is 10.0. The van der Waals surface area contributed by atoms with Crippen LogP contribution in [0.2, 0.25) is 0 Å². The molecule has 0 aromatic heterocycles. The number of aldehydes is 1. The van der Waals surface area contributed by atoms with Gasteiger partial charge >= 0.3 is 5.97 Å². The highest BCUT2D eigenvalue weighted by Gasteiger charge is 2.19. The van der Waals surface area contributed by atoms with Crippen molar-refractivity contribution >= 4 is 18.2 Å². The van der Waals surface area contributed by atoms with Crippen LogP contribution in [-0.2, 0) is 27.3 Å². The third-order valence-electron chi connectivity index (χ3n) is 2.61. The van der Waals surface area contributed by atoms with Crippen molar-refractivity contribution in [3.05, 3.63) is 47.5 Å². The molecule has 0 saturated carbocycles. The quantitative estimate of drug-likeness (QED) is 0.480. The molecule has 0 saturated heterocycles. The van der Waals surface area contributed by atoms with E-state index in [4.69, 9.17) is 10.8 Å². The third kappa shape index (κ3) is 5.03. The molecule has 1 atom stereocenters. The smallest absolute Gasteiger partial charge is 0.326 e. The second kappa shape index (κ2) is 7.85. The Morgan fingerprint density at radius 3 is 2.65 bits per heavy atom. The van der Waals surface area contributed by atoms with Gasteiger partial charge in [0.05, 0.1) is 0 Å². The number of carboxylic acid groups (broad SMARTS) is 1. The summed E-state index contributed by atoms with van der Waals surface area (Å²) in [5.74, 6) is -1.77. The van der Waals surface area contributed by atoms with E-state index in [0.717, 1.165) is 23.3 Å². The van der Waals surface area contributed by atoms with Crippen molar-refractivity contribution in [1.82, 2.24) is 5.32 Å². The molecule has 1 aromatic carbocycles. The molecule has 20 heavy (non-hydrogen) atoms. The number of benzene rings is 1. The second-order valence-electron chi connectivity index (χ2n) is 4.12. The van der Waals surface area contributed by atoms with Crippen LogP contribution < -0.4 is 11.1 Å². The van der Waals surface area contributed by atoms with E-state index in [-0.39, 0.29) is 6.42 Å². The second-order valence-corrected chi connectivity index (χ2v) is 4.12. The zero-order chi connectivity index (χ0) is 15.0. The van der Waals surface area contributed by atoms with Crippen LogP contribution in [0.25, 0.3) is 0 Å². The van der Waals surface area contributed by atoms with Crippen LogP contribution in [0.4, 0.5) is 0 Å². The number of carbonyl (C=O) groups is 3. The molecular formula is C14H16N2O4. The average molecular weight is 276 g/mol. The molecule has 0 fully saturated rings. The maximum absolute atomic E-state index is 11.4. The van der Waals surface area contributed by atoms with Crippen LogP contribution in [0.5, 0.6) is 0 Å². The summed E-state index contributed by atoms with van der Waals surface area (Å²) in [6, 6.07) is 6.12. The molecule has 0 spiro atoms. The first-order valence-corrected chi connectivity index (χ1v) is 6.00. The molecule has 6 heteroatoms. The first-order valence-electron chi connectivity index (χ1n) is 6.00. The van der Waals surface area contributed by atoms with Crippen molar-refractivity contribution in [3.8, 4) is 0 Å². The summed E-state index contributed by atoms with van der Waals surface area (Å²) in [6.07, 6.45) is 2.58. The van der Waals surface area contributed by atoms with Crippen LogP contribution in [0, 0.1) is 0 Å². The van der Waals surface area contributed by atoms with E-state index in [1.807, 2.05) is 6.07 Å². The molecule has 1 aromatic rings. The number of carbonyl (C=O) groups excluding carboxylic acids is 2. The lowest BCUT2D eigenvalue weighted by molar-refractivity contribution is -0.141. The number of aliphatic carboxylic acids is 1. The highest BCUT2D eigenvalue weighted by atomic mass is 16.4. The molecule has 4 N–H and O–H groups in total. The van der Waals surface area contributed by atoms with E-state index in [1.165, 1.54) is 0 Å². The topological polar surface area (TPSA) is 109 Å². The Labute approximate surface area is 116 Å². The van der Waals surface area contributed by atoms with Crippen molar-refractivity contribution in [2.45, 2.75) is 19.0 Å². The largest absolute Gasteiger partial charge is 0.480 e. The average Bonchev–Trinajstić information content (AvgIpc) is 2.44. The maximum Gasteiger partial charge on any atom is 0.326 e. The van der Waals surface area contributed by atoms with Gasteiger partial charge in [0.2, 0.25) is 5.91 Å². The molecule has 0 aliphatic carbocycles. The van der Waals surface area contributed by atoms with Crippen molar-refractivity contribution in [2.24, 2.45) is 5.73 Å². The molecule has 0 aliphatic rings. The van der Waals surface area contributed by atoms with E-state index in [1.54, 1.807) is 18.2 Å². The van der Waals surface area contributed by atoms with Crippen LogP contribution in [0.1, 0.15) is 11.1 Å². The Hall–Kier alpha value is -2.47. The van der Waals surface area contributed by atoms with Gasteiger partial charge in [-0.2, -0.15) is 0 Å². The van der Waals surface area contributed by atoms with Crippen LogP contribution in [0.15, 0.2) is 36.4 Å². The van der Waals surface area contributed by atoms with Crippen molar-refractivity contribution in [3.63, 3.8) is 0 Å². The molecule has 6 nitrogen and oxygen atoms in total. The summed E-state index contributed by atoms with van der Waals surface area (Å²) >= 11 is 0. The summed E-state index contributed by atoms with van der Waals surface area (Å²) in [5, 5.41) is 11.4. The van der Waals surface area contributed by atoms with E-state index in [2.05, 4.69) is 5.32 Å².